The van der Waals surface area contributed by atoms with E-state index in [1.54, 1.807) is 24.3 Å². The van der Waals surface area contributed by atoms with Crippen LogP contribution in [0.4, 0.5) is 5.69 Å². The molecule has 1 atom stereocenters. The highest BCUT2D eigenvalue weighted by Crippen LogP contribution is 2.22. The van der Waals surface area contributed by atoms with Gasteiger partial charge in [0.2, 0.25) is 0 Å². The molecule has 1 saturated heterocycles. The first kappa shape index (κ1) is 15.4. The Balaban J connectivity index is 1.76. The summed E-state index contributed by atoms with van der Waals surface area (Å²) >= 11 is 0. The number of rotatable bonds is 3. The Morgan fingerprint density at radius 3 is 2.61 bits per heavy atom. The number of aromatic hydroxyl groups is 1. The standard InChI is InChI=1S/C19H22N2O2/c1-2-16-14-20(17-8-4-3-5-9-17)11-12-21(16)19(23)15-7-6-10-18(22)13-15/h3-10,13,16,22H,2,11-12,14H2,1H3. The molecule has 4 heteroatoms. The van der Waals surface area contributed by atoms with E-state index in [4.69, 9.17) is 0 Å². The van der Waals surface area contributed by atoms with E-state index >= 15 is 0 Å². The van der Waals surface area contributed by atoms with E-state index in [1.807, 2.05) is 23.1 Å². The first-order chi connectivity index (χ1) is 11.2. The molecule has 2 aromatic rings. The van der Waals surface area contributed by atoms with Crippen molar-refractivity contribution in [2.75, 3.05) is 24.5 Å². The van der Waals surface area contributed by atoms with Crippen LogP contribution in [0, 0.1) is 0 Å². The lowest BCUT2D eigenvalue weighted by atomic mass is 10.1. The molecule has 1 aliphatic rings. The zero-order chi connectivity index (χ0) is 16.2. The highest BCUT2D eigenvalue weighted by Gasteiger charge is 2.30. The molecular weight excluding hydrogens is 288 g/mol. The van der Waals surface area contributed by atoms with Crippen LogP contribution < -0.4 is 4.90 Å². The number of piperazine rings is 1. The fourth-order valence-corrected chi connectivity index (χ4v) is 3.15. The number of hydrogen-bond donors (Lipinski definition) is 1. The topological polar surface area (TPSA) is 43.8 Å². The molecule has 0 bridgehead atoms. The first-order valence-corrected chi connectivity index (χ1v) is 8.09. The van der Waals surface area contributed by atoms with Crippen LogP contribution in [0.2, 0.25) is 0 Å². The Morgan fingerprint density at radius 1 is 1.13 bits per heavy atom. The molecule has 1 unspecified atom stereocenters. The van der Waals surface area contributed by atoms with Gasteiger partial charge >= 0.3 is 0 Å². The fraction of sp³-hybridized carbons (Fsp3) is 0.316. The van der Waals surface area contributed by atoms with Gasteiger partial charge in [0.15, 0.2) is 0 Å². The molecule has 1 amide bonds. The second-order valence-corrected chi connectivity index (χ2v) is 5.89. The summed E-state index contributed by atoms with van der Waals surface area (Å²) in [5.74, 6) is 0.132. The van der Waals surface area contributed by atoms with Crippen LogP contribution in [0.25, 0.3) is 0 Å². The average molecular weight is 310 g/mol. The van der Waals surface area contributed by atoms with Crippen molar-refractivity contribution in [3.63, 3.8) is 0 Å². The van der Waals surface area contributed by atoms with Crippen LogP contribution in [-0.4, -0.2) is 41.6 Å². The van der Waals surface area contributed by atoms with Crippen molar-refractivity contribution in [3.8, 4) is 5.75 Å². The average Bonchev–Trinajstić information content (AvgIpc) is 2.61. The Bertz CT molecular complexity index is 672. The number of phenols is 1. The molecule has 1 heterocycles. The molecule has 0 saturated carbocycles. The van der Waals surface area contributed by atoms with E-state index in [1.165, 1.54) is 5.69 Å². The highest BCUT2D eigenvalue weighted by molar-refractivity contribution is 5.95. The van der Waals surface area contributed by atoms with E-state index in [9.17, 15) is 9.90 Å². The third kappa shape index (κ3) is 3.31. The number of hydrogen-bond acceptors (Lipinski definition) is 3. The minimum absolute atomic E-state index is 0.000427. The lowest BCUT2D eigenvalue weighted by molar-refractivity contribution is 0.0651. The minimum atomic E-state index is 0.000427. The Labute approximate surface area is 137 Å². The van der Waals surface area contributed by atoms with Gasteiger partial charge in [-0.15, -0.1) is 0 Å². The summed E-state index contributed by atoms with van der Waals surface area (Å²) in [4.78, 5) is 17.0. The van der Waals surface area contributed by atoms with Crippen molar-refractivity contribution >= 4 is 11.6 Å². The van der Waals surface area contributed by atoms with Crippen molar-refractivity contribution in [1.82, 2.24) is 4.90 Å². The smallest absolute Gasteiger partial charge is 0.254 e. The Hall–Kier alpha value is -2.49. The Morgan fingerprint density at radius 2 is 1.91 bits per heavy atom. The maximum Gasteiger partial charge on any atom is 0.254 e. The number of nitrogens with zero attached hydrogens (tertiary/aromatic N) is 2. The molecule has 4 nitrogen and oxygen atoms in total. The molecular formula is C19H22N2O2. The molecule has 0 aromatic heterocycles. The summed E-state index contributed by atoms with van der Waals surface area (Å²) < 4.78 is 0. The molecule has 120 valence electrons. The van der Waals surface area contributed by atoms with Crippen LogP contribution in [-0.2, 0) is 0 Å². The molecule has 2 aromatic carbocycles. The van der Waals surface area contributed by atoms with Crippen molar-refractivity contribution in [3.05, 3.63) is 60.2 Å². The van der Waals surface area contributed by atoms with Crippen LogP contribution in [0.3, 0.4) is 0 Å². The monoisotopic (exact) mass is 310 g/mol. The number of benzene rings is 2. The normalized spacial score (nSPS) is 18.0. The quantitative estimate of drug-likeness (QED) is 0.947. The van der Waals surface area contributed by atoms with Crippen molar-refractivity contribution in [1.29, 1.82) is 0 Å². The summed E-state index contributed by atoms with van der Waals surface area (Å²) in [5.41, 5.74) is 1.76. The Kier molecular flexibility index (Phi) is 4.51. The molecule has 1 N–H and O–H groups in total. The molecule has 23 heavy (non-hydrogen) atoms. The fourth-order valence-electron chi connectivity index (χ4n) is 3.15. The molecule has 1 fully saturated rings. The molecule has 3 rings (SSSR count). The third-order valence-electron chi connectivity index (χ3n) is 4.43. The third-order valence-corrected chi connectivity index (χ3v) is 4.43. The summed E-state index contributed by atoms with van der Waals surface area (Å²) in [6, 6.07) is 17.1. The zero-order valence-corrected chi connectivity index (χ0v) is 13.4. The van der Waals surface area contributed by atoms with Gasteiger partial charge in [-0.1, -0.05) is 31.2 Å². The van der Waals surface area contributed by atoms with Gasteiger partial charge in [0.25, 0.3) is 5.91 Å². The van der Waals surface area contributed by atoms with Gasteiger partial charge < -0.3 is 14.9 Å². The van der Waals surface area contributed by atoms with Gasteiger partial charge in [-0.3, -0.25) is 4.79 Å². The summed E-state index contributed by atoms with van der Waals surface area (Å²) in [6.45, 7) is 4.47. The summed E-state index contributed by atoms with van der Waals surface area (Å²) in [5, 5.41) is 9.60. The van der Waals surface area contributed by atoms with Gasteiger partial charge in [-0.2, -0.15) is 0 Å². The van der Waals surface area contributed by atoms with Gasteiger partial charge in [0.05, 0.1) is 0 Å². The lowest BCUT2D eigenvalue weighted by Gasteiger charge is -2.42. The van der Waals surface area contributed by atoms with Crippen LogP contribution >= 0.6 is 0 Å². The van der Waals surface area contributed by atoms with Crippen LogP contribution in [0.1, 0.15) is 23.7 Å². The summed E-state index contributed by atoms with van der Waals surface area (Å²) in [7, 11) is 0. The molecule has 0 aliphatic carbocycles. The van der Waals surface area contributed by atoms with Crippen molar-refractivity contribution < 1.29 is 9.90 Å². The largest absolute Gasteiger partial charge is 0.508 e. The van der Waals surface area contributed by atoms with E-state index < -0.39 is 0 Å². The van der Waals surface area contributed by atoms with E-state index in [-0.39, 0.29) is 17.7 Å². The minimum Gasteiger partial charge on any atom is -0.508 e. The number of anilines is 1. The molecule has 0 spiro atoms. The van der Waals surface area contributed by atoms with Crippen LogP contribution in [0.15, 0.2) is 54.6 Å². The predicted octanol–water partition coefficient (Wildman–Crippen LogP) is 3.13. The number of phenolic OH excluding ortho intramolecular Hbond substituents is 1. The van der Waals surface area contributed by atoms with E-state index in [2.05, 4.69) is 24.0 Å². The van der Waals surface area contributed by atoms with Gasteiger partial charge in [-0.25, -0.2) is 0 Å². The van der Waals surface area contributed by atoms with Gasteiger partial charge in [-0.05, 0) is 36.8 Å². The molecule has 0 radical (unpaired) electrons. The predicted molar refractivity (Wildman–Crippen MR) is 91.9 cm³/mol. The van der Waals surface area contributed by atoms with Crippen molar-refractivity contribution in [2.45, 2.75) is 19.4 Å². The second-order valence-electron chi connectivity index (χ2n) is 5.89. The first-order valence-electron chi connectivity index (χ1n) is 8.09. The van der Waals surface area contributed by atoms with Gasteiger partial charge in [0, 0.05) is 36.9 Å². The van der Waals surface area contributed by atoms with Gasteiger partial charge in [0.1, 0.15) is 5.75 Å². The van der Waals surface area contributed by atoms with Crippen LogP contribution in [0.5, 0.6) is 5.75 Å². The van der Waals surface area contributed by atoms with Crippen molar-refractivity contribution in [2.24, 2.45) is 0 Å². The maximum absolute atomic E-state index is 12.8. The summed E-state index contributed by atoms with van der Waals surface area (Å²) in [6.07, 6.45) is 0.911. The molecule has 1 aliphatic heterocycles. The van der Waals surface area contributed by atoms with E-state index in [0.29, 0.717) is 12.1 Å². The SMILES string of the molecule is CCC1CN(c2ccccc2)CCN1C(=O)c1cccc(O)c1. The highest BCUT2D eigenvalue weighted by atomic mass is 16.3. The maximum atomic E-state index is 12.8. The number of amides is 1. The lowest BCUT2D eigenvalue weighted by Crippen LogP contribution is -2.55. The number of carbonyl (C=O) groups excluding carboxylic acids is 1. The number of para-hydroxylation sites is 1. The second kappa shape index (κ2) is 6.73. The zero-order valence-electron chi connectivity index (χ0n) is 13.4. The number of carbonyl (C=O) groups is 1. The van der Waals surface area contributed by atoms with E-state index in [0.717, 1.165) is 19.5 Å².